The van der Waals surface area contributed by atoms with Crippen LogP contribution in [0.4, 0.5) is 0 Å². The summed E-state index contributed by atoms with van der Waals surface area (Å²) in [6.45, 7) is 2.45. The molecule has 1 amide bonds. The molecule has 0 aliphatic rings. The molecular formula is C15H20ClNO3S. The Labute approximate surface area is 134 Å². The van der Waals surface area contributed by atoms with Gasteiger partial charge < -0.3 is 10.4 Å². The number of benzene rings is 1. The smallest absolute Gasteiger partial charge is 0.303 e. The highest BCUT2D eigenvalue weighted by Crippen LogP contribution is 2.24. The normalized spacial score (nSPS) is 11.9. The van der Waals surface area contributed by atoms with Crippen LogP contribution in [0.3, 0.4) is 0 Å². The Morgan fingerprint density at radius 2 is 1.90 bits per heavy atom. The zero-order valence-corrected chi connectivity index (χ0v) is 13.5. The number of carbonyl (C=O) groups is 2. The highest BCUT2D eigenvalue weighted by molar-refractivity contribution is 8.00. The fraction of sp³-hybridized carbons (Fsp3) is 0.467. The monoisotopic (exact) mass is 329 g/mol. The molecule has 0 saturated carbocycles. The van der Waals surface area contributed by atoms with Crippen molar-refractivity contribution in [3.8, 4) is 0 Å². The molecule has 0 fully saturated rings. The van der Waals surface area contributed by atoms with Gasteiger partial charge in [0.2, 0.25) is 5.91 Å². The summed E-state index contributed by atoms with van der Waals surface area (Å²) in [4.78, 5) is 23.2. The van der Waals surface area contributed by atoms with Crippen LogP contribution in [0.15, 0.2) is 29.2 Å². The third-order valence-electron chi connectivity index (χ3n) is 2.86. The minimum atomic E-state index is -0.771. The number of halogens is 1. The van der Waals surface area contributed by atoms with Crippen molar-refractivity contribution in [2.24, 2.45) is 0 Å². The summed E-state index contributed by atoms with van der Waals surface area (Å²) >= 11 is 7.30. The molecule has 1 atom stereocenters. The molecule has 116 valence electrons. The summed E-state index contributed by atoms with van der Waals surface area (Å²) < 4.78 is 0. The van der Waals surface area contributed by atoms with Crippen LogP contribution in [0.2, 0.25) is 5.02 Å². The van der Waals surface area contributed by atoms with Crippen LogP contribution in [0.1, 0.15) is 32.6 Å². The Kier molecular flexibility index (Phi) is 8.23. The van der Waals surface area contributed by atoms with Crippen LogP contribution in [0.5, 0.6) is 0 Å². The average molecular weight is 330 g/mol. The molecule has 1 aromatic carbocycles. The maximum Gasteiger partial charge on any atom is 0.303 e. The number of carbonyl (C=O) groups excluding carboxylic acids is 1. The van der Waals surface area contributed by atoms with E-state index < -0.39 is 5.97 Å². The van der Waals surface area contributed by atoms with E-state index in [4.69, 9.17) is 16.7 Å². The molecule has 0 spiro atoms. The molecule has 0 aliphatic carbocycles. The fourth-order valence-corrected chi connectivity index (χ4v) is 2.72. The van der Waals surface area contributed by atoms with E-state index in [-0.39, 0.29) is 17.6 Å². The number of nitrogens with one attached hydrogen (secondary N) is 1. The topological polar surface area (TPSA) is 66.4 Å². The van der Waals surface area contributed by atoms with E-state index in [1.165, 1.54) is 11.8 Å². The average Bonchev–Trinajstić information content (AvgIpc) is 2.44. The van der Waals surface area contributed by atoms with Crippen LogP contribution < -0.4 is 5.32 Å². The number of carboxylic acid groups (broad SMARTS) is 1. The molecule has 1 unspecified atom stereocenters. The first-order chi connectivity index (χ1) is 9.99. The molecule has 4 nitrogen and oxygen atoms in total. The van der Waals surface area contributed by atoms with E-state index in [9.17, 15) is 9.59 Å². The summed E-state index contributed by atoms with van der Waals surface area (Å²) in [6.07, 6.45) is 2.46. The van der Waals surface area contributed by atoms with Gasteiger partial charge in [-0.3, -0.25) is 9.59 Å². The van der Waals surface area contributed by atoms with Gasteiger partial charge in [0.05, 0.1) is 5.25 Å². The van der Waals surface area contributed by atoms with Gasteiger partial charge in [-0.2, -0.15) is 0 Å². The van der Waals surface area contributed by atoms with Crippen molar-refractivity contribution in [3.63, 3.8) is 0 Å². The van der Waals surface area contributed by atoms with Gasteiger partial charge in [-0.25, -0.2) is 0 Å². The summed E-state index contributed by atoms with van der Waals surface area (Å²) in [6, 6.07) is 7.39. The quantitative estimate of drug-likeness (QED) is 0.537. The van der Waals surface area contributed by atoms with Crippen molar-refractivity contribution in [2.75, 3.05) is 6.54 Å². The van der Waals surface area contributed by atoms with Crippen molar-refractivity contribution >= 4 is 35.2 Å². The molecule has 0 aliphatic heterocycles. The second kappa shape index (κ2) is 9.68. The van der Waals surface area contributed by atoms with E-state index in [1.54, 1.807) is 12.1 Å². The second-order valence-electron chi connectivity index (χ2n) is 4.71. The van der Waals surface area contributed by atoms with Crippen LogP contribution in [-0.4, -0.2) is 28.8 Å². The summed E-state index contributed by atoms with van der Waals surface area (Å²) in [5, 5.41) is 11.9. The Bertz CT molecular complexity index is 464. The van der Waals surface area contributed by atoms with E-state index in [1.807, 2.05) is 19.1 Å². The third-order valence-corrected chi connectivity index (χ3v) is 4.23. The molecule has 0 saturated heterocycles. The molecule has 1 rings (SSSR count). The molecule has 1 aromatic rings. The summed E-state index contributed by atoms with van der Waals surface area (Å²) in [5.74, 6) is -0.778. The summed E-state index contributed by atoms with van der Waals surface area (Å²) in [5.41, 5.74) is 0. The molecule has 0 heterocycles. The number of hydrogen-bond acceptors (Lipinski definition) is 3. The van der Waals surface area contributed by atoms with Gasteiger partial charge in [-0.1, -0.05) is 18.0 Å². The van der Waals surface area contributed by atoms with Gasteiger partial charge in [0, 0.05) is 22.9 Å². The number of rotatable bonds is 9. The SMILES string of the molecule is CC(Sc1ccc(Cl)cc1)C(=O)NCCCCCC(=O)O. The number of thioether (sulfide) groups is 1. The maximum absolute atomic E-state index is 11.9. The minimum absolute atomic E-state index is 0.00631. The first kappa shape index (κ1) is 17.9. The molecule has 2 N–H and O–H groups in total. The van der Waals surface area contributed by atoms with Crippen molar-refractivity contribution < 1.29 is 14.7 Å². The Balaban J connectivity index is 2.19. The molecule has 21 heavy (non-hydrogen) atoms. The lowest BCUT2D eigenvalue weighted by molar-refractivity contribution is -0.137. The van der Waals surface area contributed by atoms with Crippen molar-refractivity contribution in [1.29, 1.82) is 0 Å². The maximum atomic E-state index is 11.9. The fourth-order valence-electron chi connectivity index (χ4n) is 1.70. The first-order valence-corrected chi connectivity index (χ1v) is 8.16. The molecular weight excluding hydrogens is 310 g/mol. The van der Waals surface area contributed by atoms with Gasteiger partial charge in [-0.05, 0) is 44.0 Å². The van der Waals surface area contributed by atoms with Gasteiger partial charge >= 0.3 is 5.97 Å². The molecule has 0 bridgehead atoms. The second-order valence-corrected chi connectivity index (χ2v) is 6.56. The van der Waals surface area contributed by atoms with Gasteiger partial charge in [-0.15, -0.1) is 11.8 Å². The lowest BCUT2D eigenvalue weighted by Gasteiger charge is -2.12. The highest BCUT2D eigenvalue weighted by atomic mass is 35.5. The van der Waals surface area contributed by atoms with Crippen molar-refractivity contribution in [2.45, 2.75) is 42.8 Å². The number of hydrogen-bond donors (Lipinski definition) is 2. The summed E-state index contributed by atoms with van der Waals surface area (Å²) in [7, 11) is 0. The predicted octanol–water partition coefficient (Wildman–Crippen LogP) is 3.58. The molecule has 6 heteroatoms. The first-order valence-electron chi connectivity index (χ1n) is 6.91. The molecule has 0 radical (unpaired) electrons. The van der Waals surface area contributed by atoms with Crippen LogP contribution in [0.25, 0.3) is 0 Å². The Hall–Kier alpha value is -1.20. The van der Waals surface area contributed by atoms with Crippen LogP contribution in [0, 0.1) is 0 Å². The number of aliphatic carboxylic acids is 1. The van der Waals surface area contributed by atoms with E-state index in [0.29, 0.717) is 18.0 Å². The number of carboxylic acids is 1. The van der Waals surface area contributed by atoms with Crippen molar-refractivity contribution in [3.05, 3.63) is 29.3 Å². The standard InChI is InChI=1S/C15H20ClNO3S/c1-11(21-13-8-6-12(16)7-9-13)15(20)17-10-4-2-3-5-14(18)19/h6-9,11H,2-5,10H2,1H3,(H,17,20)(H,18,19). The third kappa shape index (κ3) is 7.97. The Morgan fingerprint density at radius 1 is 1.24 bits per heavy atom. The van der Waals surface area contributed by atoms with Gasteiger partial charge in [0.25, 0.3) is 0 Å². The largest absolute Gasteiger partial charge is 0.481 e. The van der Waals surface area contributed by atoms with E-state index in [2.05, 4.69) is 5.32 Å². The molecule has 0 aromatic heterocycles. The van der Waals surface area contributed by atoms with E-state index in [0.717, 1.165) is 17.7 Å². The highest BCUT2D eigenvalue weighted by Gasteiger charge is 2.13. The van der Waals surface area contributed by atoms with Crippen molar-refractivity contribution in [1.82, 2.24) is 5.32 Å². The predicted molar refractivity (Wildman–Crippen MR) is 85.9 cm³/mol. The zero-order valence-electron chi connectivity index (χ0n) is 12.0. The number of amides is 1. The lowest BCUT2D eigenvalue weighted by Crippen LogP contribution is -2.31. The van der Waals surface area contributed by atoms with Crippen LogP contribution >= 0.6 is 23.4 Å². The Morgan fingerprint density at radius 3 is 2.52 bits per heavy atom. The van der Waals surface area contributed by atoms with Gasteiger partial charge in [0.1, 0.15) is 0 Å². The van der Waals surface area contributed by atoms with Crippen LogP contribution in [-0.2, 0) is 9.59 Å². The minimum Gasteiger partial charge on any atom is -0.481 e. The van der Waals surface area contributed by atoms with E-state index >= 15 is 0 Å². The van der Waals surface area contributed by atoms with Gasteiger partial charge in [0.15, 0.2) is 0 Å². The lowest BCUT2D eigenvalue weighted by atomic mass is 10.2. The zero-order chi connectivity index (χ0) is 15.7. The number of unbranched alkanes of at least 4 members (excludes halogenated alkanes) is 2.